The van der Waals surface area contributed by atoms with Gasteiger partial charge in [-0.15, -0.1) is 0 Å². The Kier molecular flexibility index (Phi) is 6.06. The number of nitrogens with one attached hydrogen (secondary N) is 1. The third-order valence-electron chi connectivity index (χ3n) is 3.63. The topological polar surface area (TPSA) is 66.5 Å². The highest BCUT2D eigenvalue weighted by molar-refractivity contribution is 7.92. The normalized spacial score (nSPS) is 13.1. The van der Waals surface area contributed by atoms with Gasteiger partial charge in [-0.2, -0.15) is 13.2 Å². The van der Waals surface area contributed by atoms with E-state index in [1.54, 1.807) is 0 Å². The minimum absolute atomic E-state index is 0.258. The summed E-state index contributed by atoms with van der Waals surface area (Å²) in [6.45, 7) is 1.28. The Bertz CT molecular complexity index is 931. The Balaban J connectivity index is 2.36. The molecule has 10 heteroatoms. The zero-order chi connectivity index (χ0) is 20.4. The van der Waals surface area contributed by atoms with Gasteiger partial charge in [0.05, 0.1) is 17.5 Å². The standard InChI is InChI=1S/C17H16ClF3N2O3S/c1-11(16(24)22-14-8-6-13(18)7-9-14)23(27(2,25)26)15-5-3-4-12(10-15)17(19,20)21/h3-11H,1-2H3,(H,22,24). The van der Waals surface area contributed by atoms with Crippen LogP contribution in [-0.4, -0.2) is 26.6 Å². The fraction of sp³-hybridized carbons (Fsp3) is 0.235. The first-order chi connectivity index (χ1) is 12.4. The van der Waals surface area contributed by atoms with Crippen molar-refractivity contribution in [1.29, 1.82) is 0 Å². The Morgan fingerprint density at radius 1 is 1.15 bits per heavy atom. The molecule has 1 atom stereocenters. The summed E-state index contributed by atoms with van der Waals surface area (Å²) in [5.41, 5.74) is -0.904. The van der Waals surface area contributed by atoms with Gasteiger partial charge in [-0.05, 0) is 49.4 Å². The summed E-state index contributed by atoms with van der Waals surface area (Å²) in [7, 11) is -4.04. The lowest BCUT2D eigenvalue weighted by molar-refractivity contribution is -0.137. The molecule has 1 unspecified atom stereocenters. The molecule has 0 heterocycles. The third kappa shape index (κ3) is 5.36. The smallest absolute Gasteiger partial charge is 0.324 e. The lowest BCUT2D eigenvalue weighted by atomic mass is 10.1. The van der Waals surface area contributed by atoms with Crippen molar-refractivity contribution >= 4 is 38.9 Å². The maximum atomic E-state index is 12.9. The van der Waals surface area contributed by atoms with Gasteiger partial charge in [0.15, 0.2) is 0 Å². The van der Waals surface area contributed by atoms with E-state index in [1.807, 2.05) is 0 Å². The van der Waals surface area contributed by atoms with Crippen LogP contribution in [0.25, 0.3) is 0 Å². The number of sulfonamides is 1. The summed E-state index contributed by atoms with van der Waals surface area (Å²) in [5.74, 6) is -0.708. The molecule has 0 radical (unpaired) electrons. The number of anilines is 2. The number of nitrogens with zero attached hydrogens (tertiary/aromatic N) is 1. The molecule has 1 amide bonds. The molecule has 2 aromatic carbocycles. The Morgan fingerprint density at radius 3 is 2.26 bits per heavy atom. The fourth-order valence-corrected chi connectivity index (χ4v) is 3.70. The van der Waals surface area contributed by atoms with Gasteiger partial charge in [-0.25, -0.2) is 8.42 Å². The summed E-state index contributed by atoms with van der Waals surface area (Å²) >= 11 is 5.76. The van der Waals surface area contributed by atoms with Crippen LogP contribution >= 0.6 is 11.6 Å². The lowest BCUT2D eigenvalue weighted by Gasteiger charge is -2.28. The molecule has 1 N–H and O–H groups in total. The maximum absolute atomic E-state index is 12.9. The fourth-order valence-electron chi connectivity index (χ4n) is 2.41. The highest BCUT2D eigenvalue weighted by Crippen LogP contribution is 2.33. The van der Waals surface area contributed by atoms with Crippen LogP contribution in [0.2, 0.25) is 5.02 Å². The molecule has 0 bridgehead atoms. The molecule has 0 aliphatic heterocycles. The molecule has 0 aliphatic rings. The monoisotopic (exact) mass is 420 g/mol. The average Bonchev–Trinajstić information content (AvgIpc) is 2.55. The van der Waals surface area contributed by atoms with Crippen molar-refractivity contribution in [3.8, 4) is 0 Å². The maximum Gasteiger partial charge on any atom is 0.416 e. The van der Waals surface area contributed by atoms with Crippen molar-refractivity contribution in [1.82, 2.24) is 0 Å². The van der Waals surface area contributed by atoms with Crippen molar-refractivity contribution < 1.29 is 26.4 Å². The summed E-state index contributed by atoms with van der Waals surface area (Å²) in [4.78, 5) is 12.5. The van der Waals surface area contributed by atoms with E-state index in [1.165, 1.54) is 37.3 Å². The Hall–Kier alpha value is -2.26. The molecule has 27 heavy (non-hydrogen) atoms. The lowest BCUT2D eigenvalue weighted by Crippen LogP contribution is -2.45. The van der Waals surface area contributed by atoms with Crippen LogP contribution < -0.4 is 9.62 Å². The quantitative estimate of drug-likeness (QED) is 0.790. The highest BCUT2D eigenvalue weighted by Gasteiger charge is 2.34. The number of carbonyl (C=O) groups is 1. The van der Waals surface area contributed by atoms with Gasteiger partial charge < -0.3 is 5.32 Å². The van der Waals surface area contributed by atoms with Crippen LogP contribution in [0.15, 0.2) is 48.5 Å². The SMILES string of the molecule is CC(C(=O)Nc1ccc(Cl)cc1)N(c1cccc(C(F)(F)F)c1)S(C)(=O)=O. The van der Waals surface area contributed by atoms with Gasteiger partial charge >= 0.3 is 6.18 Å². The minimum Gasteiger partial charge on any atom is -0.324 e. The molecule has 146 valence electrons. The first-order valence-corrected chi connectivity index (χ1v) is 9.85. The van der Waals surface area contributed by atoms with Gasteiger partial charge in [0.2, 0.25) is 15.9 Å². The predicted molar refractivity (Wildman–Crippen MR) is 98.3 cm³/mol. The van der Waals surface area contributed by atoms with E-state index in [4.69, 9.17) is 11.6 Å². The number of hydrogen-bond donors (Lipinski definition) is 1. The van der Waals surface area contributed by atoms with Crippen molar-refractivity contribution in [3.63, 3.8) is 0 Å². The average molecular weight is 421 g/mol. The Morgan fingerprint density at radius 2 is 1.74 bits per heavy atom. The number of amides is 1. The summed E-state index contributed by atoms with van der Waals surface area (Å²) in [5, 5.41) is 2.96. The van der Waals surface area contributed by atoms with E-state index in [9.17, 15) is 26.4 Å². The molecule has 0 spiro atoms. The zero-order valence-electron chi connectivity index (χ0n) is 14.3. The van der Waals surface area contributed by atoms with Gasteiger partial charge in [0.1, 0.15) is 6.04 Å². The van der Waals surface area contributed by atoms with Gasteiger partial charge in [-0.3, -0.25) is 9.10 Å². The van der Waals surface area contributed by atoms with E-state index in [2.05, 4.69) is 5.32 Å². The molecule has 5 nitrogen and oxygen atoms in total. The second-order valence-corrected chi connectivity index (χ2v) is 8.07. The second-order valence-electron chi connectivity index (χ2n) is 5.78. The number of alkyl halides is 3. The molecular formula is C17H16ClF3N2O3S. The Labute approximate surface area is 159 Å². The number of rotatable bonds is 5. The summed E-state index contributed by atoms with van der Waals surface area (Å²) in [6, 6.07) is 8.59. The van der Waals surface area contributed by atoms with Crippen molar-refractivity contribution in [2.75, 3.05) is 15.9 Å². The van der Waals surface area contributed by atoms with Gasteiger partial charge in [0, 0.05) is 10.7 Å². The van der Waals surface area contributed by atoms with Crippen LogP contribution in [0.5, 0.6) is 0 Å². The number of benzene rings is 2. The van der Waals surface area contributed by atoms with Crippen LogP contribution in [0.4, 0.5) is 24.5 Å². The van der Waals surface area contributed by atoms with E-state index in [0.717, 1.165) is 18.4 Å². The first-order valence-electron chi connectivity index (χ1n) is 7.62. The minimum atomic E-state index is -4.64. The molecule has 0 saturated carbocycles. The molecule has 0 fully saturated rings. The predicted octanol–water partition coefficient (Wildman–Crippen LogP) is 4.15. The molecule has 0 saturated heterocycles. The van der Waals surface area contributed by atoms with E-state index in [0.29, 0.717) is 21.1 Å². The van der Waals surface area contributed by atoms with Gasteiger partial charge in [0.25, 0.3) is 0 Å². The number of hydrogen-bond acceptors (Lipinski definition) is 3. The third-order valence-corrected chi connectivity index (χ3v) is 5.12. The van der Waals surface area contributed by atoms with Crippen LogP contribution in [0.1, 0.15) is 12.5 Å². The van der Waals surface area contributed by atoms with Crippen molar-refractivity contribution in [2.45, 2.75) is 19.1 Å². The molecule has 0 aromatic heterocycles. The number of halogens is 4. The van der Waals surface area contributed by atoms with Gasteiger partial charge in [-0.1, -0.05) is 17.7 Å². The number of carbonyl (C=O) groups excluding carboxylic acids is 1. The first kappa shape index (κ1) is 21.0. The van der Waals surface area contributed by atoms with Crippen LogP contribution in [0.3, 0.4) is 0 Å². The molecular weight excluding hydrogens is 405 g/mol. The highest BCUT2D eigenvalue weighted by atomic mass is 35.5. The van der Waals surface area contributed by atoms with Crippen molar-refractivity contribution in [3.05, 3.63) is 59.1 Å². The summed E-state index contributed by atoms with van der Waals surface area (Å²) < 4.78 is 63.9. The zero-order valence-corrected chi connectivity index (χ0v) is 15.9. The molecule has 0 aliphatic carbocycles. The molecule has 2 rings (SSSR count). The van der Waals surface area contributed by atoms with Crippen molar-refractivity contribution in [2.24, 2.45) is 0 Å². The van der Waals surface area contributed by atoms with E-state index < -0.39 is 33.7 Å². The van der Waals surface area contributed by atoms with E-state index in [-0.39, 0.29) is 5.69 Å². The van der Waals surface area contributed by atoms with Crippen LogP contribution in [0, 0.1) is 0 Å². The summed E-state index contributed by atoms with van der Waals surface area (Å²) in [6.07, 6.45) is -3.83. The van der Waals surface area contributed by atoms with E-state index >= 15 is 0 Å². The largest absolute Gasteiger partial charge is 0.416 e. The second kappa shape index (κ2) is 7.77. The molecule has 2 aromatic rings. The van der Waals surface area contributed by atoms with Crippen LogP contribution in [-0.2, 0) is 21.0 Å².